The van der Waals surface area contributed by atoms with Gasteiger partial charge in [0.15, 0.2) is 0 Å². The highest BCUT2D eigenvalue weighted by Crippen LogP contribution is 2.02. The fraction of sp³-hybridized carbons (Fsp3) is 0.500. The first kappa shape index (κ1) is 11.3. The maximum Gasteiger partial charge on any atom is 0.125 e. The van der Waals surface area contributed by atoms with Crippen molar-refractivity contribution >= 4 is 17.4 Å². The van der Waals surface area contributed by atoms with Crippen LogP contribution in [-0.4, -0.2) is 30.6 Å². The first-order chi connectivity index (χ1) is 6.83. The number of alkyl halides is 1. The second-order valence-electron chi connectivity index (χ2n) is 2.95. The summed E-state index contributed by atoms with van der Waals surface area (Å²) in [6.07, 6.45) is 1.84. The van der Waals surface area contributed by atoms with E-state index < -0.39 is 0 Å². The third kappa shape index (κ3) is 4.44. The standard InChI is InChI=1S/C10H15ClN2O/c1-9-2-3-10(13-8-9)12-5-7-14-6-4-11/h2-3,8H,4-7H2,1H3,(H,12,13). The zero-order valence-electron chi connectivity index (χ0n) is 8.29. The minimum Gasteiger partial charge on any atom is -0.378 e. The van der Waals surface area contributed by atoms with Crippen LogP contribution in [-0.2, 0) is 4.74 Å². The van der Waals surface area contributed by atoms with Crippen molar-refractivity contribution in [3.8, 4) is 0 Å². The Morgan fingerprint density at radius 2 is 2.29 bits per heavy atom. The molecule has 1 N–H and O–H groups in total. The number of anilines is 1. The van der Waals surface area contributed by atoms with Crippen LogP contribution in [0.1, 0.15) is 5.56 Å². The lowest BCUT2D eigenvalue weighted by Crippen LogP contribution is -2.11. The predicted molar refractivity (Wildman–Crippen MR) is 59.0 cm³/mol. The van der Waals surface area contributed by atoms with E-state index in [1.807, 2.05) is 25.3 Å². The molecular weight excluding hydrogens is 200 g/mol. The first-order valence-corrected chi connectivity index (χ1v) is 5.16. The highest BCUT2D eigenvalue weighted by atomic mass is 35.5. The molecule has 0 saturated carbocycles. The maximum atomic E-state index is 5.46. The minimum absolute atomic E-state index is 0.544. The van der Waals surface area contributed by atoms with Gasteiger partial charge in [0, 0.05) is 18.6 Å². The number of rotatable bonds is 6. The first-order valence-electron chi connectivity index (χ1n) is 4.63. The van der Waals surface area contributed by atoms with E-state index in [1.54, 1.807) is 0 Å². The van der Waals surface area contributed by atoms with E-state index >= 15 is 0 Å². The molecular formula is C10H15ClN2O. The van der Waals surface area contributed by atoms with Crippen molar-refractivity contribution in [1.82, 2.24) is 4.98 Å². The summed E-state index contributed by atoms with van der Waals surface area (Å²) < 4.78 is 5.21. The molecule has 1 aromatic heterocycles. The summed E-state index contributed by atoms with van der Waals surface area (Å²) in [5.74, 6) is 1.42. The lowest BCUT2D eigenvalue weighted by atomic mass is 10.3. The van der Waals surface area contributed by atoms with Gasteiger partial charge in [-0.2, -0.15) is 0 Å². The fourth-order valence-corrected chi connectivity index (χ4v) is 1.09. The van der Waals surface area contributed by atoms with E-state index in [0.717, 1.165) is 17.9 Å². The van der Waals surface area contributed by atoms with Crippen LogP contribution < -0.4 is 5.32 Å². The monoisotopic (exact) mass is 214 g/mol. The fourth-order valence-electron chi connectivity index (χ4n) is 0.980. The Hall–Kier alpha value is -0.800. The highest BCUT2D eigenvalue weighted by molar-refractivity contribution is 6.17. The molecule has 0 atom stereocenters. The van der Waals surface area contributed by atoms with Crippen molar-refractivity contribution in [2.24, 2.45) is 0 Å². The van der Waals surface area contributed by atoms with Crippen LogP contribution >= 0.6 is 11.6 Å². The molecule has 78 valence electrons. The number of halogens is 1. The topological polar surface area (TPSA) is 34.1 Å². The van der Waals surface area contributed by atoms with Crippen LogP contribution in [0.5, 0.6) is 0 Å². The smallest absolute Gasteiger partial charge is 0.125 e. The third-order valence-corrected chi connectivity index (χ3v) is 1.84. The van der Waals surface area contributed by atoms with E-state index in [9.17, 15) is 0 Å². The number of nitrogens with zero attached hydrogens (tertiary/aromatic N) is 1. The minimum atomic E-state index is 0.544. The van der Waals surface area contributed by atoms with Gasteiger partial charge in [-0.05, 0) is 18.6 Å². The molecule has 0 aromatic carbocycles. The number of aromatic nitrogens is 1. The summed E-state index contributed by atoms with van der Waals surface area (Å²) in [5, 5.41) is 3.15. The average molecular weight is 215 g/mol. The highest BCUT2D eigenvalue weighted by Gasteiger charge is 1.92. The molecule has 1 rings (SSSR count). The van der Waals surface area contributed by atoms with Crippen LogP contribution in [0.3, 0.4) is 0 Å². The Balaban J connectivity index is 2.15. The molecule has 14 heavy (non-hydrogen) atoms. The van der Waals surface area contributed by atoms with Gasteiger partial charge in [0.2, 0.25) is 0 Å². The Kier molecular flexibility index (Phi) is 5.33. The molecule has 0 amide bonds. The van der Waals surface area contributed by atoms with Gasteiger partial charge in [0.05, 0.1) is 13.2 Å². The summed E-state index contributed by atoms with van der Waals surface area (Å²) >= 11 is 5.46. The van der Waals surface area contributed by atoms with Crippen molar-refractivity contribution in [2.75, 3.05) is 31.0 Å². The van der Waals surface area contributed by atoms with Crippen LogP contribution in [0.4, 0.5) is 5.82 Å². The van der Waals surface area contributed by atoms with Gasteiger partial charge in [-0.15, -0.1) is 11.6 Å². The Morgan fingerprint density at radius 1 is 1.43 bits per heavy atom. The van der Waals surface area contributed by atoms with E-state index in [4.69, 9.17) is 16.3 Å². The van der Waals surface area contributed by atoms with Crippen LogP contribution in [0.2, 0.25) is 0 Å². The molecule has 0 aliphatic heterocycles. The molecule has 0 unspecified atom stereocenters. The summed E-state index contributed by atoms with van der Waals surface area (Å²) in [7, 11) is 0. The van der Waals surface area contributed by atoms with E-state index in [-0.39, 0.29) is 0 Å². The van der Waals surface area contributed by atoms with E-state index in [0.29, 0.717) is 19.1 Å². The van der Waals surface area contributed by atoms with Gasteiger partial charge in [-0.1, -0.05) is 6.07 Å². The molecule has 0 bridgehead atoms. The molecule has 1 aromatic rings. The zero-order chi connectivity index (χ0) is 10.2. The summed E-state index contributed by atoms with van der Waals surface area (Å²) in [6, 6.07) is 3.98. The lowest BCUT2D eigenvalue weighted by molar-refractivity contribution is 0.160. The average Bonchev–Trinajstić information content (AvgIpc) is 2.21. The van der Waals surface area contributed by atoms with Gasteiger partial charge in [0.25, 0.3) is 0 Å². The number of nitrogens with one attached hydrogen (secondary N) is 1. The van der Waals surface area contributed by atoms with Gasteiger partial charge < -0.3 is 10.1 Å². The Morgan fingerprint density at radius 3 is 2.93 bits per heavy atom. The Bertz CT molecular complexity index is 251. The molecule has 0 saturated heterocycles. The molecule has 1 heterocycles. The number of aryl methyl sites for hydroxylation is 1. The number of ether oxygens (including phenoxy) is 1. The lowest BCUT2D eigenvalue weighted by Gasteiger charge is -2.05. The summed E-state index contributed by atoms with van der Waals surface area (Å²) in [6.45, 7) is 4.03. The largest absolute Gasteiger partial charge is 0.378 e. The molecule has 0 spiro atoms. The van der Waals surface area contributed by atoms with Crippen molar-refractivity contribution in [3.63, 3.8) is 0 Å². The van der Waals surface area contributed by atoms with Gasteiger partial charge in [0.1, 0.15) is 5.82 Å². The third-order valence-electron chi connectivity index (χ3n) is 1.69. The van der Waals surface area contributed by atoms with Crippen LogP contribution in [0.25, 0.3) is 0 Å². The molecule has 0 aliphatic rings. The zero-order valence-corrected chi connectivity index (χ0v) is 9.05. The quantitative estimate of drug-likeness (QED) is 0.582. The van der Waals surface area contributed by atoms with E-state index in [1.165, 1.54) is 0 Å². The van der Waals surface area contributed by atoms with Gasteiger partial charge in [-0.25, -0.2) is 4.98 Å². The molecule has 4 heteroatoms. The second-order valence-corrected chi connectivity index (χ2v) is 3.33. The van der Waals surface area contributed by atoms with Gasteiger partial charge >= 0.3 is 0 Å². The summed E-state index contributed by atoms with van der Waals surface area (Å²) in [4.78, 5) is 4.20. The molecule has 3 nitrogen and oxygen atoms in total. The number of pyridine rings is 1. The Labute approximate surface area is 89.4 Å². The van der Waals surface area contributed by atoms with Crippen molar-refractivity contribution in [2.45, 2.75) is 6.92 Å². The second kappa shape index (κ2) is 6.62. The molecule has 0 fully saturated rings. The van der Waals surface area contributed by atoms with Crippen molar-refractivity contribution in [1.29, 1.82) is 0 Å². The number of hydrogen-bond acceptors (Lipinski definition) is 3. The maximum absolute atomic E-state index is 5.46. The normalized spacial score (nSPS) is 10.1. The molecule has 0 aliphatic carbocycles. The predicted octanol–water partition coefficient (Wildman–Crippen LogP) is 2.06. The van der Waals surface area contributed by atoms with E-state index in [2.05, 4.69) is 10.3 Å². The number of hydrogen-bond donors (Lipinski definition) is 1. The van der Waals surface area contributed by atoms with Crippen molar-refractivity contribution in [3.05, 3.63) is 23.9 Å². The van der Waals surface area contributed by atoms with Crippen LogP contribution in [0, 0.1) is 6.92 Å². The van der Waals surface area contributed by atoms with Crippen LogP contribution in [0.15, 0.2) is 18.3 Å². The van der Waals surface area contributed by atoms with Gasteiger partial charge in [-0.3, -0.25) is 0 Å². The molecule has 0 radical (unpaired) electrons. The SMILES string of the molecule is Cc1ccc(NCCOCCCl)nc1. The summed E-state index contributed by atoms with van der Waals surface area (Å²) in [5.41, 5.74) is 1.16. The van der Waals surface area contributed by atoms with Crippen molar-refractivity contribution < 1.29 is 4.74 Å².